The molecule has 2 aromatic heterocycles. The molecule has 2 aromatic rings. The van der Waals surface area contributed by atoms with Crippen molar-refractivity contribution in [3.05, 3.63) is 63.8 Å². The number of hydrogen-bond donors (Lipinski definition) is 1. The summed E-state index contributed by atoms with van der Waals surface area (Å²) in [6, 6.07) is 5.94. The van der Waals surface area contributed by atoms with Crippen LogP contribution in [0.3, 0.4) is 0 Å². The van der Waals surface area contributed by atoms with Crippen LogP contribution in [0.25, 0.3) is 0 Å². The van der Waals surface area contributed by atoms with E-state index in [1.165, 1.54) is 19.3 Å². The molecule has 7 heteroatoms. The number of aromatic nitrogens is 2. The third-order valence-electron chi connectivity index (χ3n) is 7.74. The van der Waals surface area contributed by atoms with Crippen LogP contribution in [0.1, 0.15) is 90.6 Å². The molecule has 7 nitrogen and oxygen atoms in total. The van der Waals surface area contributed by atoms with Crippen LogP contribution >= 0.6 is 0 Å². The van der Waals surface area contributed by atoms with E-state index in [-0.39, 0.29) is 35.0 Å². The zero-order chi connectivity index (χ0) is 23.5. The molecule has 0 radical (unpaired) electrons. The van der Waals surface area contributed by atoms with Crippen molar-refractivity contribution in [1.82, 2.24) is 19.8 Å². The summed E-state index contributed by atoms with van der Waals surface area (Å²) in [7, 11) is 0. The number of pyridine rings is 2. The predicted molar refractivity (Wildman–Crippen MR) is 130 cm³/mol. The maximum Gasteiger partial charge on any atom is 0.259 e. The standard InChI is InChI=1S/C27H34N4O3/c32-25-23(26(33)29-20-8-4-2-1-3-5-9-20)17-30(16-21-10-6-7-13-28-21)18-24(25)27(34)31-15-19-11-12-22(31)14-19/h6-7,10,13,17-20,22H,1-5,8-9,11-12,14-16H2,(H,29,33)/t19-,22+/m1/s1. The average molecular weight is 463 g/mol. The first kappa shape index (κ1) is 22.8. The Labute approximate surface area is 200 Å². The molecular weight excluding hydrogens is 428 g/mol. The number of amides is 2. The van der Waals surface area contributed by atoms with Crippen molar-refractivity contribution in [3.63, 3.8) is 0 Å². The highest BCUT2D eigenvalue weighted by Crippen LogP contribution is 2.37. The Kier molecular flexibility index (Phi) is 6.79. The Morgan fingerprint density at radius 1 is 0.971 bits per heavy atom. The molecule has 2 bridgehead atoms. The maximum atomic E-state index is 13.5. The predicted octanol–water partition coefficient (Wildman–Crippen LogP) is 3.76. The minimum Gasteiger partial charge on any atom is -0.349 e. The monoisotopic (exact) mass is 462 g/mol. The molecule has 3 heterocycles. The largest absolute Gasteiger partial charge is 0.349 e. The zero-order valence-electron chi connectivity index (χ0n) is 19.7. The van der Waals surface area contributed by atoms with Crippen molar-refractivity contribution in [2.24, 2.45) is 5.92 Å². The molecule has 2 saturated carbocycles. The molecule has 34 heavy (non-hydrogen) atoms. The topological polar surface area (TPSA) is 84.3 Å². The van der Waals surface area contributed by atoms with Gasteiger partial charge in [-0.25, -0.2) is 0 Å². The minimum atomic E-state index is -0.464. The smallest absolute Gasteiger partial charge is 0.259 e. The number of likely N-dealkylation sites (tertiary alicyclic amines) is 1. The Hall–Kier alpha value is -2.96. The molecule has 3 aliphatic rings. The van der Waals surface area contributed by atoms with Crippen molar-refractivity contribution in [1.29, 1.82) is 0 Å². The molecule has 1 N–H and O–H groups in total. The molecule has 2 atom stereocenters. The second-order valence-electron chi connectivity index (χ2n) is 10.2. The molecule has 2 aliphatic carbocycles. The molecule has 0 aromatic carbocycles. The van der Waals surface area contributed by atoms with Crippen molar-refractivity contribution in [2.45, 2.75) is 82.8 Å². The van der Waals surface area contributed by atoms with Gasteiger partial charge in [0, 0.05) is 37.2 Å². The molecule has 3 fully saturated rings. The number of fused-ring (bicyclic) bond motifs is 2. The maximum absolute atomic E-state index is 13.5. The Morgan fingerprint density at radius 2 is 1.74 bits per heavy atom. The Morgan fingerprint density at radius 3 is 2.41 bits per heavy atom. The van der Waals surface area contributed by atoms with Gasteiger partial charge < -0.3 is 14.8 Å². The minimum absolute atomic E-state index is 0.0493. The lowest BCUT2D eigenvalue weighted by Gasteiger charge is -2.27. The quantitative estimate of drug-likeness (QED) is 0.733. The van der Waals surface area contributed by atoms with Gasteiger partial charge in [0.15, 0.2) is 0 Å². The fourth-order valence-electron chi connectivity index (χ4n) is 5.91. The number of carbonyl (C=O) groups is 2. The van der Waals surface area contributed by atoms with Crippen LogP contribution in [0.2, 0.25) is 0 Å². The lowest BCUT2D eigenvalue weighted by Crippen LogP contribution is -2.42. The third-order valence-corrected chi connectivity index (χ3v) is 7.74. The van der Waals surface area contributed by atoms with Gasteiger partial charge >= 0.3 is 0 Å². The van der Waals surface area contributed by atoms with Crippen molar-refractivity contribution in [2.75, 3.05) is 6.54 Å². The van der Waals surface area contributed by atoms with E-state index >= 15 is 0 Å². The van der Waals surface area contributed by atoms with Gasteiger partial charge in [-0.15, -0.1) is 0 Å². The SMILES string of the molecule is O=C(NC1CCCCCCC1)c1cn(Cc2ccccn2)cc(C(=O)N2C[C@@H]3CC[C@H]2C3)c1=O. The van der Waals surface area contributed by atoms with E-state index in [0.29, 0.717) is 19.0 Å². The van der Waals surface area contributed by atoms with Crippen LogP contribution in [0, 0.1) is 5.92 Å². The summed E-state index contributed by atoms with van der Waals surface area (Å²) in [5, 5.41) is 3.10. The zero-order valence-corrected chi connectivity index (χ0v) is 19.7. The first-order valence-corrected chi connectivity index (χ1v) is 12.8. The number of nitrogens with one attached hydrogen (secondary N) is 1. The summed E-state index contributed by atoms with van der Waals surface area (Å²) < 4.78 is 1.76. The summed E-state index contributed by atoms with van der Waals surface area (Å²) in [6.07, 6.45) is 15.8. The Balaban J connectivity index is 1.44. The molecule has 1 aliphatic heterocycles. The van der Waals surface area contributed by atoms with E-state index in [0.717, 1.165) is 50.6 Å². The number of rotatable bonds is 5. The first-order chi connectivity index (χ1) is 16.6. The molecule has 180 valence electrons. The van der Waals surface area contributed by atoms with Crippen LogP contribution in [0.4, 0.5) is 0 Å². The van der Waals surface area contributed by atoms with E-state index in [9.17, 15) is 14.4 Å². The molecule has 0 spiro atoms. The summed E-state index contributed by atoms with van der Waals surface area (Å²) >= 11 is 0. The highest BCUT2D eigenvalue weighted by molar-refractivity contribution is 5.99. The van der Waals surface area contributed by atoms with E-state index < -0.39 is 5.43 Å². The van der Waals surface area contributed by atoms with Gasteiger partial charge in [0.25, 0.3) is 11.8 Å². The van der Waals surface area contributed by atoms with Gasteiger partial charge in [-0.05, 0) is 50.2 Å². The van der Waals surface area contributed by atoms with Crippen molar-refractivity contribution >= 4 is 11.8 Å². The van der Waals surface area contributed by atoms with Gasteiger partial charge in [-0.3, -0.25) is 19.4 Å². The second-order valence-corrected chi connectivity index (χ2v) is 10.2. The van der Waals surface area contributed by atoms with Gasteiger partial charge in [0.2, 0.25) is 5.43 Å². The normalized spacial score (nSPS) is 22.9. The number of piperidine rings is 1. The summed E-state index contributed by atoms with van der Waals surface area (Å²) in [5.41, 5.74) is 0.478. The fourth-order valence-corrected chi connectivity index (χ4v) is 5.91. The summed E-state index contributed by atoms with van der Waals surface area (Å²) in [5.74, 6) is -0.0778. The van der Waals surface area contributed by atoms with Crippen molar-refractivity contribution < 1.29 is 9.59 Å². The van der Waals surface area contributed by atoms with Gasteiger partial charge in [0.1, 0.15) is 11.1 Å². The molecular formula is C27H34N4O3. The number of hydrogen-bond acceptors (Lipinski definition) is 4. The van der Waals surface area contributed by atoms with E-state index in [1.54, 1.807) is 23.2 Å². The van der Waals surface area contributed by atoms with Gasteiger partial charge in [-0.2, -0.15) is 0 Å². The molecule has 2 amide bonds. The Bertz CT molecular complexity index is 1090. The number of carbonyl (C=O) groups excluding carboxylic acids is 2. The van der Waals surface area contributed by atoms with E-state index in [4.69, 9.17) is 0 Å². The van der Waals surface area contributed by atoms with Crippen LogP contribution in [0.5, 0.6) is 0 Å². The van der Waals surface area contributed by atoms with Crippen molar-refractivity contribution in [3.8, 4) is 0 Å². The first-order valence-electron chi connectivity index (χ1n) is 12.8. The number of nitrogens with zero attached hydrogens (tertiary/aromatic N) is 3. The third kappa shape index (κ3) is 4.93. The van der Waals surface area contributed by atoms with Crippen LogP contribution in [-0.4, -0.2) is 44.9 Å². The highest BCUT2D eigenvalue weighted by atomic mass is 16.2. The molecule has 0 unspecified atom stereocenters. The molecule has 1 saturated heterocycles. The van der Waals surface area contributed by atoms with Crippen LogP contribution < -0.4 is 10.7 Å². The van der Waals surface area contributed by atoms with E-state index in [2.05, 4.69) is 10.3 Å². The van der Waals surface area contributed by atoms with Crippen LogP contribution in [-0.2, 0) is 6.54 Å². The fraction of sp³-hybridized carbons (Fsp3) is 0.556. The molecule has 5 rings (SSSR count). The van der Waals surface area contributed by atoms with Gasteiger partial charge in [0.05, 0.1) is 12.2 Å². The summed E-state index contributed by atoms with van der Waals surface area (Å²) in [6.45, 7) is 1.10. The second kappa shape index (κ2) is 10.1. The van der Waals surface area contributed by atoms with Crippen LogP contribution in [0.15, 0.2) is 41.6 Å². The van der Waals surface area contributed by atoms with Gasteiger partial charge in [-0.1, -0.05) is 38.2 Å². The summed E-state index contributed by atoms with van der Waals surface area (Å²) in [4.78, 5) is 46.4. The van der Waals surface area contributed by atoms with E-state index in [1.807, 2.05) is 23.1 Å². The lowest BCUT2D eigenvalue weighted by molar-refractivity contribution is 0.0701. The lowest BCUT2D eigenvalue weighted by atomic mass is 9.96. The average Bonchev–Trinajstić information content (AvgIpc) is 3.46. The highest BCUT2D eigenvalue weighted by Gasteiger charge is 2.41.